The SMILES string of the molecule is O=C(Oc1ccc(C=NNC(=S)Nc2ccccc2)c(OC(=O)c2ccc(Cl)cc2)c1)c1ccc(Cl)cc1. The molecule has 0 spiro atoms. The van der Waals surface area contributed by atoms with Gasteiger partial charge in [-0.2, -0.15) is 5.10 Å². The fourth-order valence-electron chi connectivity index (χ4n) is 3.11. The monoisotopic (exact) mass is 563 g/mol. The first kappa shape index (κ1) is 26.8. The summed E-state index contributed by atoms with van der Waals surface area (Å²) in [6.07, 6.45) is 1.42. The highest BCUT2D eigenvalue weighted by atomic mass is 35.5. The molecule has 4 rings (SSSR count). The first-order valence-electron chi connectivity index (χ1n) is 11.1. The molecule has 0 saturated carbocycles. The molecule has 0 aromatic heterocycles. The summed E-state index contributed by atoms with van der Waals surface area (Å²) in [4.78, 5) is 25.3. The molecule has 0 atom stereocenters. The fourth-order valence-corrected chi connectivity index (χ4v) is 3.53. The maximum absolute atomic E-state index is 12.8. The Hall–Kier alpha value is -4.24. The highest BCUT2D eigenvalue weighted by Gasteiger charge is 2.15. The topological polar surface area (TPSA) is 89.0 Å². The molecule has 0 aliphatic rings. The van der Waals surface area contributed by atoms with Gasteiger partial charge in [-0.3, -0.25) is 5.43 Å². The van der Waals surface area contributed by atoms with Crippen molar-refractivity contribution in [1.82, 2.24) is 5.43 Å². The quantitative estimate of drug-likeness (QED) is 0.0844. The highest BCUT2D eigenvalue weighted by Crippen LogP contribution is 2.26. The van der Waals surface area contributed by atoms with Crippen LogP contribution in [-0.4, -0.2) is 23.3 Å². The number of ether oxygens (including phenoxy) is 2. The molecule has 0 aliphatic heterocycles. The minimum Gasteiger partial charge on any atom is -0.423 e. The summed E-state index contributed by atoms with van der Waals surface area (Å²) in [6.45, 7) is 0. The van der Waals surface area contributed by atoms with Crippen molar-refractivity contribution >= 4 is 64.4 Å². The van der Waals surface area contributed by atoms with E-state index in [9.17, 15) is 9.59 Å². The molecule has 0 radical (unpaired) electrons. The predicted octanol–water partition coefficient (Wildman–Crippen LogP) is 6.75. The van der Waals surface area contributed by atoms with Crippen LogP contribution in [0.3, 0.4) is 0 Å². The smallest absolute Gasteiger partial charge is 0.343 e. The zero-order valence-electron chi connectivity index (χ0n) is 19.6. The molecule has 38 heavy (non-hydrogen) atoms. The number of hydrogen-bond acceptors (Lipinski definition) is 6. The van der Waals surface area contributed by atoms with Crippen molar-refractivity contribution in [2.75, 3.05) is 5.32 Å². The Labute approximate surface area is 234 Å². The number of anilines is 1. The number of para-hydroxylation sites is 1. The van der Waals surface area contributed by atoms with Crippen molar-refractivity contribution in [3.63, 3.8) is 0 Å². The summed E-state index contributed by atoms with van der Waals surface area (Å²) >= 11 is 17.1. The lowest BCUT2D eigenvalue weighted by molar-refractivity contribution is 0.0732. The number of esters is 2. The summed E-state index contributed by atoms with van der Waals surface area (Å²) in [6, 6.07) is 26.4. The number of thiocarbonyl (C=S) groups is 1. The van der Waals surface area contributed by atoms with Gasteiger partial charge in [0.2, 0.25) is 0 Å². The van der Waals surface area contributed by atoms with E-state index in [2.05, 4.69) is 15.8 Å². The molecule has 4 aromatic carbocycles. The molecule has 7 nitrogen and oxygen atoms in total. The number of rotatable bonds is 7. The number of benzene rings is 4. The summed E-state index contributed by atoms with van der Waals surface area (Å²) in [7, 11) is 0. The largest absolute Gasteiger partial charge is 0.423 e. The molecule has 0 unspecified atom stereocenters. The van der Waals surface area contributed by atoms with Crippen LogP contribution in [0.25, 0.3) is 0 Å². The molecule has 0 fully saturated rings. The Bertz CT molecular complexity index is 1480. The Morgan fingerprint density at radius 1 is 0.763 bits per heavy atom. The van der Waals surface area contributed by atoms with Crippen molar-refractivity contribution < 1.29 is 19.1 Å². The maximum Gasteiger partial charge on any atom is 0.343 e. The van der Waals surface area contributed by atoms with E-state index in [1.54, 1.807) is 48.5 Å². The van der Waals surface area contributed by atoms with E-state index in [1.165, 1.54) is 24.4 Å². The molecular weight excluding hydrogens is 545 g/mol. The molecule has 190 valence electrons. The minimum absolute atomic E-state index is 0.110. The van der Waals surface area contributed by atoms with E-state index < -0.39 is 11.9 Å². The molecule has 0 amide bonds. The zero-order chi connectivity index (χ0) is 26.9. The number of carbonyl (C=O) groups excluding carboxylic acids is 2. The molecule has 0 heterocycles. The van der Waals surface area contributed by atoms with Crippen LogP contribution < -0.4 is 20.2 Å². The van der Waals surface area contributed by atoms with E-state index >= 15 is 0 Å². The highest BCUT2D eigenvalue weighted by molar-refractivity contribution is 7.80. The van der Waals surface area contributed by atoms with Gasteiger partial charge in [-0.1, -0.05) is 41.4 Å². The van der Waals surface area contributed by atoms with Gasteiger partial charge in [0.1, 0.15) is 11.5 Å². The van der Waals surface area contributed by atoms with E-state index in [-0.39, 0.29) is 22.2 Å². The third-order valence-corrected chi connectivity index (χ3v) is 5.66. The van der Waals surface area contributed by atoms with Crippen LogP contribution in [0.1, 0.15) is 26.3 Å². The van der Waals surface area contributed by atoms with Crippen LogP contribution in [0.2, 0.25) is 10.0 Å². The molecule has 2 N–H and O–H groups in total. The van der Waals surface area contributed by atoms with Crippen LogP contribution in [0, 0.1) is 0 Å². The van der Waals surface area contributed by atoms with E-state index in [0.717, 1.165) is 5.69 Å². The van der Waals surface area contributed by atoms with Gasteiger partial charge in [0.25, 0.3) is 0 Å². The van der Waals surface area contributed by atoms with Gasteiger partial charge in [0, 0.05) is 27.4 Å². The second-order valence-corrected chi connectivity index (χ2v) is 8.96. The number of halogens is 2. The minimum atomic E-state index is -0.633. The van der Waals surface area contributed by atoms with Gasteiger partial charge in [-0.25, -0.2) is 9.59 Å². The van der Waals surface area contributed by atoms with E-state index in [1.807, 2.05) is 30.3 Å². The summed E-state index contributed by atoms with van der Waals surface area (Å²) in [5.74, 6) is -0.960. The number of nitrogens with one attached hydrogen (secondary N) is 2. The van der Waals surface area contributed by atoms with Gasteiger partial charge in [0.05, 0.1) is 17.3 Å². The average molecular weight is 564 g/mol. The number of hydrazone groups is 1. The first-order valence-corrected chi connectivity index (χ1v) is 12.3. The summed E-state index contributed by atoms with van der Waals surface area (Å²) in [5.41, 5.74) is 4.52. The van der Waals surface area contributed by atoms with Gasteiger partial charge < -0.3 is 14.8 Å². The average Bonchev–Trinajstić information content (AvgIpc) is 2.91. The zero-order valence-corrected chi connectivity index (χ0v) is 21.9. The lowest BCUT2D eigenvalue weighted by atomic mass is 10.2. The van der Waals surface area contributed by atoms with Crippen LogP contribution >= 0.6 is 35.4 Å². The van der Waals surface area contributed by atoms with Crippen LogP contribution in [-0.2, 0) is 0 Å². The van der Waals surface area contributed by atoms with Gasteiger partial charge in [0.15, 0.2) is 5.11 Å². The van der Waals surface area contributed by atoms with Gasteiger partial charge in [-0.05, 0) is 85.0 Å². The third-order valence-electron chi connectivity index (χ3n) is 4.96. The van der Waals surface area contributed by atoms with Crippen molar-refractivity contribution in [3.05, 3.63) is 124 Å². The predicted molar refractivity (Wildman–Crippen MR) is 153 cm³/mol. The third kappa shape index (κ3) is 7.63. The van der Waals surface area contributed by atoms with E-state index in [0.29, 0.717) is 21.2 Å². The summed E-state index contributed by atoms with van der Waals surface area (Å²) in [5, 5.41) is 8.37. The Morgan fingerprint density at radius 3 is 1.95 bits per heavy atom. The van der Waals surface area contributed by atoms with Crippen molar-refractivity contribution in [2.24, 2.45) is 5.10 Å². The second kappa shape index (κ2) is 12.8. The molecule has 4 aromatic rings. The second-order valence-electron chi connectivity index (χ2n) is 7.68. The fraction of sp³-hybridized carbons (Fsp3) is 0. The molecule has 10 heteroatoms. The molecule has 0 saturated heterocycles. The lowest BCUT2D eigenvalue weighted by Gasteiger charge is -2.11. The normalized spacial score (nSPS) is 10.6. The Kier molecular flexibility index (Phi) is 9.05. The molecule has 0 aliphatic carbocycles. The van der Waals surface area contributed by atoms with Crippen molar-refractivity contribution in [2.45, 2.75) is 0 Å². The number of hydrogen-bond donors (Lipinski definition) is 2. The number of carbonyl (C=O) groups is 2. The first-order chi connectivity index (χ1) is 18.4. The van der Waals surface area contributed by atoms with Crippen molar-refractivity contribution in [1.29, 1.82) is 0 Å². The van der Waals surface area contributed by atoms with Gasteiger partial charge in [-0.15, -0.1) is 0 Å². The maximum atomic E-state index is 12.8. The standard InChI is InChI=1S/C28H19Cl2N3O4S/c29-21-11-6-18(7-12-21)26(34)36-24-15-10-20(17-31-33-28(38)32-23-4-2-1-3-5-23)25(16-24)37-27(35)19-8-13-22(30)14-9-19/h1-17H,(H2,32,33,38). The van der Waals surface area contributed by atoms with E-state index in [4.69, 9.17) is 44.9 Å². The van der Waals surface area contributed by atoms with Crippen molar-refractivity contribution in [3.8, 4) is 11.5 Å². The Balaban J connectivity index is 1.53. The van der Waals surface area contributed by atoms with Crippen LogP contribution in [0.4, 0.5) is 5.69 Å². The molecule has 0 bridgehead atoms. The lowest BCUT2D eigenvalue weighted by Crippen LogP contribution is -2.23. The van der Waals surface area contributed by atoms with Crippen LogP contribution in [0.15, 0.2) is 102 Å². The van der Waals surface area contributed by atoms with Crippen LogP contribution in [0.5, 0.6) is 11.5 Å². The Morgan fingerprint density at radius 2 is 1.34 bits per heavy atom. The summed E-state index contributed by atoms with van der Waals surface area (Å²) < 4.78 is 11.1. The van der Waals surface area contributed by atoms with Gasteiger partial charge >= 0.3 is 11.9 Å². The molecular formula is C28H19Cl2N3O4S. The number of nitrogens with zero attached hydrogens (tertiary/aromatic N) is 1.